The van der Waals surface area contributed by atoms with Gasteiger partial charge in [-0.05, 0) is 43.3 Å². The van der Waals surface area contributed by atoms with E-state index in [1.165, 1.54) is 13.0 Å². The number of hydrogen-bond donors (Lipinski definition) is 2. The largest absolute Gasteiger partial charge is 0.417 e. The van der Waals surface area contributed by atoms with Crippen LogP contribution in [0.3, 0.4) is 0 Å². The Bertz CT molecular complexity index is 933. The number of amides is 1. The predicted octanol–water partition coefficient (Wildman–Crippen LogP) is 4.64. The summed E-state index contributed by atoms with van der Waals surface area (Å²) in [5.41, 5.74) is -1.54. The summed E-state index contributed by atoms with van der Waals surface area (Å²) in [5, 5.41) is 1.55. The third-order valence-corrected chi connectivity index (χ3v) is 4.48. The van der Waals surface area contributed by atoms with Crippen LogP contribution in [0.25, 0.3) is 0 Å². The van der Waals surface area contributed by atoms with Crippen LogP contribution in [0.15, 0.2) is 28.2 Å². The maximum Gasteiger partial charge on any atom is 0.417 e. The first-order valence-corrected chi connectivity index (χ1v) is 8.94. The molecule has 1 aromatic heterocycles. The van der Waals surface area contributed by atoms with Gasteiger partial charge in [-0.2, -0.15) is 22.0 Å². The third kappa shape index (κ3) is 5.93. The second-order valence-corrected chi connectivity index (χ2v) is 6.94. The second-order valence-electron chi connectivity index (χ2n) is 5.55. The van der Waals surface area contributed by atoms with Crippen molar-refractivity contribution in [2.75, 3.05) is 5.32 Å². The van der Waals surface area contributed by atoms with Crippen LogP contribution in [-0.4, -0.2) is 21.6 Å². The number of anilines is 1. The van der Waals surface area contributed by atoms with Gasteiger partial charge in [-0.15, -0.1) is 0 Å². The number of rotatable bonds is 6. The fourth-order valence-electron chi connectivity index (χ4n) is 2.30. The van der Waals surface area contributed by atoms with Gasteiger partial charge < -0.3 is 10.3 Å². The average molecular weight is 442 g/mol. The highest BCUT2D eigenvalue weighted by Crippen LogP contribution is 2.36. The summed E-state index contributed by atoms with van der Waals surface area (Å²) in [5.74, 6) is -3.39. The van der Waals surface area contributed by atoms with Crippen molar-refractivity contribution in [2.24, 2.45) is 0 Å². The van der Waals surface area contributed by atoms with Crippen molar-refractivity contribution >= 4 is 35.0 Å². The zero-order valence-corrected chi connectivity index (χ0v) is 15.7. The van der Waals surface area contributed by atoms with Crippen LogP contribution in [0.4, 0.5) is 27.6 Å². The Hall–Kier alpha value is -2.14. The number of nitrogens with one attached hydrogen (secondary N) is 2. The van der Waals surface area contributed by atoms with Crippen molar-refractivity contribution in [1.29, 1.82) is 0 Å². The maximum absolute atomic E-state index is 12.8. The van der Waals surface area contributed by atoms with Crippen LogP contribution in [0, 0.1) is 6.92 Å². The van der Waals surface area contributed by atoms with Crippen LogP contribution in [0.2, 0.25) is 5.02 Å². The molecule has 2 rings (SSSR count). The Kier molecular flexibility index (Phi) is 7.05. The summed E-state index contributed by atoms with van der Waals surface area (Å²) in [6.07, 6.45) is -4.97. The normalized spacial score (nSPS) is 11.7. The Morgan fingerprint density at radius 2 is 2.04 bits per heavy atom. The molecular weight excluding hydrogens is 429 g/mol. The summed E-state index contributed by atoms with van der Waals surface area (Å²) < 4.78 is 63.2. The first kappa shape index (κ1) is 22.2. The molecule has 2 aromatic rings. The van der Waals surface area contributed by atoms with Crippen molar-refractivity contribution < 1.29 is 26.7 Å². The van der Waals surface area contributed by atoms with E-state index in [4.69, 9.17) is 11.6 Å². The van der Waals surface area contributed by atoms with Crippen molar-refractivity contribution in [1.82, 2.24) is 9.97 Å². The molecule has 0 saturated carbocycles. The fraction of sp³-hybridized carbons (Fsp3) is 0.312. The molecule has 0 aliphatic heterocycles. The quantitative estimate of drug-likeness (QED) is 0.389. The molecule has 0 atom stereocenters. The Balaban J connectivity index is 2.06. The fourth-order valence-corrected chi connectivity index (χ4v) is 3.04. The molecule has 0 aliphatic rings. The molecule has 152 valence electrons. The Labute approximate surface area is 164 Å². The van der Waals surface area contributed by atoms with Gasteiger partial charge in [0.05, 0.1) is 10.6 Å². The van der Waals surface area contributed by atoms with Crippen LogP contribution >= 0.6 is 23.4 Å². The first-order valence-electron chi connectivity index (χ1n) is 7.68. The minimum atomic E-state index is -4.67. The summed E-state index contributed by atoms with van der Waals surface area (Å²) in [6.45, 7) is 1.44. The predicted molar refractivity (Wildman–Crippen MR) is 94.9 cm³/mol. The van der Waals surface area contributed by atoms with Gasteiger partial charge >= 0.3 is 6.18 Å². The number of nitrogens with zero attached hydrogens (tertiary/aromatic N) is 1. The molecule has 0 unspecified atom stereocenters. The second kappa shape index (κ2) is 8.91. The van der Waals surface area contributed by atoms with Crippen molar-refractivity contribution in [2.45, 2.75) is 36.9 Å². The summed E-state index contributed by atoms with van der Waals surface area (Å²) >= 11 is 5.60. The molecule has 12 heteroatoms. The van der Waals surface area contributed by atoms with Crippen LogP contribution < -0.4 is 10.9 Å². The summed E-state index contributed by atoms with van der Waals surface area (Å²) in [6, 6.07) is 2.93. The lowest BCUT2D eigenvalue weighted by molar-refractivity contribution is -0.137. The number of benzene rings is 1. The van der Waals surface area contributed by atoms with E-state index < -0.39 is 34.0 Å². The summed E-state index contributed by atoms with van der Waals surface area (Å²) in [7, 11) is 0. The molecule has 0 radical (unpaired) electrons. The topological polar surface area (TPSA) is 74.8 Å². The average Bonchev–Trinajstić information content (AvgIpc) is 2.54. The van der Waals surface area contributed by atoms with Crippen molar-refractivity contribution in [3.8, 4) is 0 Å². The van der Waals surface area contributed by atoms with E-state index in [1.54, 1.807) is 0 Å². The number of halogens is 6. The highest BCUT2D eigenvalue weighted by Gasteiger charge is 2.33. The highest BCUT2D eigenvalue weighted by atomic mass is 35.5. The Morgan fingerprint density at radius 1 is 1.36 bits per heavy atom. The maximum atomic E-state index is 12.8. The van der Waals surface area contributed by atoms with Gasteiger partial charge in [0.1, 0.15) is 0 Å². The monoisotopic (exact) mass is 441 g/mol. The lowest BCUT2D eigenvalue weighted by Crippen LogP contribution is -2.20. The van der Waals surface area contributed by atoms with Gasteiger partial charge in [-0.3, -0.25) is 9.59 Å². The molecule has 1 heterocycles. The van der Waals surface area contributed by atoms with E-state index in [1.807, 2.05) is 0 Å². The zero-order chi connectivity index (χ0) is 21.1. The number of aromatic amines is 1. The van der Waals surface area contributed by atoms with E-state index in [9.17, 15) is 31.5 Å². The van der Waals surface area contributed by atoms with Crippen LogP contribution in [0.5, 0.6) is 0 Å². The number of H-pyrrole nitrogens is 1. The first-order chi connectivity index (χ1) is 13.0. The van der Waals surface area contributed by atoms with Gasteiger partial charge in [-0.25, -0.2) is 4.98 Å². The van der Waals surface area contributed by atoms with Gasteiger partial charge in [0.2, 0.25) is 5.91 Å². The number of aromatic nitrogens is 2. The van der Waals surface area contributed by atoms with E-state index in [0.29, 0.717) is 6.07 Å². The van der Waals surface area contributed by atoms with Crippen LogP contribution in [-0.2, 0) is 17.4 Å². The molecule has 2 N–H and O–H groups in total. The number of carbonyl (C=O) groups is 1. The van der Waals surface area contributed by atoms with Gasteiger partial charge in [0.25, 0.3) is 11.3 Å². The molecule has 0 spiro atoms. The van der Waals surface area contributed by atoms with Gasteiger partial charge in [0.15, 0.2) is 5.16 Å². The molecule has 1 amide bonds. The van der Waals surface area contributed by atoms with Crippen molar-refractivity contribution in [3.05, 3.63) is 50.4 Å². The summed E-state index contributed by atoms with van der Waals surface area (Å²) in [4.78, 5) is 30.0. The van der Waals surface area contributed by atoms with E-state index >= 15 is 0 Å². The lowest BCUT2D eigenvalue weighted by Gasteiger charge is -2.12. The minimum Gasteiger partial charge on any atom is -0.326 e. The third-order valence-electron chi connectivity index (χ3n) is 3.56. The molecular formula is C16H13ClF5N3O2S. The zero-order valence-electron chi connectivity index (χ0n) is 14.2. The highest BCUT2D eigenvalue weighted by molar-refractivity contribution is 7.99. The molecule has 0 fully saturated rings. The number of aryl methyl sites for hydroxylation is 1. The molecule has 28 heavy (non-hydrogen) atoms. The van der Waals surface area contributed by atoms with Crippen molar-refractivity contribution in [3.63, 3.8) is 0 Å². The lowest BCUT2D eigenvalue weighted by atomic mass is 10.1. The molecule has 0 bridgehead atoms. The number of thioether (sulfide) groups is 1. The SMILES string of the molecule is Cc1nc(SC(F)F)[nH]c(=O)c1CCC(=O)Nc1ccc(Cl)c(C(F)(F)F)c1. The van der Waals surface area contributed by atoms with Gasteiger partial charge in [-0.1, -0.05) is 11.6 Å². The number of hydrogen-bond acceptors (Lipinski definition) is 4. The standard InChI is InChI=1S/C16H13ClF5N3O2S/c1-7-9(13(27)25-15(23-7)28-14(18)19)3-5-12(26)24-8-2-4-11(17)10(6-8)16(20,21)22/h2,4,6,14H,3,5H2,1H3,(H,24,26)(H,23,25,27). The minimum absolute atomic E-state index is 0.0701. The van der Waals surface area contributed by atoms with Crippen LogP contribution in [0.1, 0.15) is 23.2 Å². The van der Waals surface area contributed by atoms with E-state index in [-0.39, 0.29) is 46.7 Å². The molecule has 5 nitrogen and oxygen atoms in total. The van der Waals surface area contributed by atoms with E-state index in [2.05, 4.69) is 15.3 Å². The molecule has 0 aliphatic carbocycles. The van der Waals surface area contributed by atoms with Gasteiger partial charge in [0, 0.05) is 23.4 Å². The Morgan fingerprint density at radius 3 is 2.61 bits per heavy atom. The van der Waals surface area contributed by atoms with E-state index in [0.717, 1.165) is 6.07 Å². The molecule has 1 aromatic carbocycles. The number of alkyl halides is 5. The smallest absolute Gasteiger partial charge is 0.326 e. The number of carbonyl (C=O) groups excluding carboxylic acids is 1. The molecule has 0 saturated heterocycles.